The van der Waals surface area contributed by atoms with Gasteiger partial charge in [0, 0.05) is 36.1 Å². The molecular weight excluding hydrogens is 430 g/mol. The summed E-state index contributed by atoms with van der Waals surface area (Å²) in [5, 5.41) is 1.08. The fourth-order valence-corrected chi connectivity index (χ4v) is 4.31. The van der Waals surface area contributed by atoms with Gasteiger partial charge in [0.2, 0.25) is 0 Å². The van der Waals surface area contributed by atoms with Crippen molar-refractivity contribution in [1.82, 2.24) is 14.5 Å². The van der Waals surface area contributed by atoms with Crippen molar-refractivity contribution in [2.24, 2.45) is 0 Å². The molecule has 0 radical (unpaired) electrons. The zero-order chi connectivity index (χ0) is 21.3. The zero-order valence-corrected chi connectivity index (χ0v) is 17.6. The average Bonchev–Trinajstić information content (AvgIpc) is 3.40. The van der Waals surface area contributed by atoms with Crippen LogP contribution in [0.1, 0.15) is 22.3 Å². The number of rotatable bonds is 6. The highest BCUT2D eigenvalue weighted by Crippen LogP contribution is 2.34. The second kappa shape index (κ2) is 8.49. The Bertz CT molecular complexity index is 1210. The number of carbonyl (C=O) groups excluding carboxylic acids is 1. The summed E-state index contributed by atoms with van der Waals surface area (Å²) < 4.78 is 29.9. The van der Waals surface area contributed by atoms with E-state index in [0.717, 1.165) is 27.9 Å². The smallest absolute Gasteiger partial charge is 0.260 e. The number of thiazole rings is 1. The lowest BCUT2D eigenvalue weighted by Crippen LogP contribution is -2.32. The SMILES string of the molecule is Cc1c(Cl)ccc2sc(N(CCCn3ccnc3)C(=O)c3ccc(F)c(F)c3)nc12. The Kier molecular flexibility index (Phi) is 5.78. The third kappa shape index (κ3) is 4.06. The van der Waals surface area contributed by atoms with Crippen LogP contribution >= 0.6 is 22.9 Å². The Morgan fingerprint density at radius 3 is 2.80 bits per heavy atom. The zero-order valence-electron chi connectivity index (χ0n) is 16.0. The predicted molar refractivity (Wildman–Crippen MR) is 114 cm³/mol. The van der Waals surface area contributed by atoms with Crippen LogP contribution < -0.4 is 4.90 Å². The summed E-state index contributed by atoms with van der Waals surface area (Å²) in [6.07, 6.45) is 5.85. The van der Waals surface area contributed by atoms with Gasteiger partial charge in [0.25, 0.3) is 5.91 Å². The van der Waals surface area contributed by atoms with Crippen molar-refractivity contribution >= 4 is 44.2 Å². The van der Waals surface area contributed by atoms with E-state index >= 15 is 0 Å². The van der Waals surface area contributed by atoms with Gasteiger partial charge in [-0.25, -0.2) is 18.7 Å². The lowest BCUT2D eigenvalue weighted by atomic mass is 10.2. The Hall–Kier alpha value is -2.84. The number of fused-ring (bicyclic) bond motifs is 1. The van der Waals surface area contributed by atoms with E-state index in [1.54, 1.807) is 18.6 Å². The number of anilines is 1. The van der Waals surface area contributed by atoms with E-state index in [4.69, 9.17) is 11.6 Å². The molecule has 0 aliphatic heterocycles. The molecule has 154 valence electrons. The molecule has 0 atom stereocenters. The molecule has 0 aliphatic carbocycles. The fraction of sp³-hybridized carbons (Fsp3) is 0.190. The van der Waals surface area contributed by atoms with E-state index in [1.165, 1.54) is 22.3 Å². The second-order valence-corrected chi connectivity index (χ2v) is 8.17. The highest BCUT2D eigenvalue weighted by atomic mass is 35.5. The summed E-state index contributed by atoms with van der Waals surface area (Å²) in [5.74, 6) is -2.50. The van der Waals surface area contributed by atoms with E-state index < -0.39 is 17.5 Å². The van der Waals surface area contributed by atoms with Gasteiger partial charge in [-0.1, -0.05) is 22.9 Å². The number of benzene rings is 2. The summed E-state index contributed by atoms with van der Waals surface area (Å²) in [5.41, 5.74) is 1.61. The number of hydrogen-bond acceptors (Lipinski definition) is 4. The molecule has 30 heavy (non-hydrogen) atoms. The van der Waals surface area contributed by atoms with Crippen molar-refractivity contribution < 1.29 is 13.6 Å². The molecule has 0 N–H and O–H groups in total. The fourth-order valence-electron chi connectivity index (χ4n) is 3.10. The van der Waals surface area contributed by atoms with Gasteiger partial charge in [-0.15, -0.1) is 0 Å². The highest BCUT2D eigenvalue weighted by molar-refractivity contribution is 7.22. The van der Waals surface area contributed by atoms with Gasteiger partial charge in [0.05, 0.1) is 16.5 Å². The largest absolute Gasteiger partial charge is 0.337 e. The maximum Gasteiger partial charge on any atom is 0.260 e. The first-order chi connectivity index (χ1) is 14.4. The monoisotopic (exact) mass is 446 g/mol. The molecule has 0 bridgehead atoms. The van der Waals surface area contributed by atoms with Crippen molar-refractivity contribution in [1.29, 1.82) is 0 Å². The number of amides is 1. The number of aromatic nitrogens is 3. The number of halogens is 3. The maximum absolute atomic E-state index is 13.7. The number of imidazole rings is 1. The molecule has 0 aliphatic rings. The number of hydrogen-bond donors (Lipinski definition) is 0. The quantitative estimate of drug-likeness (QED) is 0.394. The van der Waals surface area contributed by atoms with E-state index in [9.17, 15) is 13.6 Å². The molecule has 2 aromatic heterocycles. The van der Waals surface area contributed by atoms with Gasteiger partial charge in [-0.3, -0.25) is 9.69 Å². The minimum atomic E-state index is -1.06. The molecule has 9 heteroatoms. The van der Waals surface area contributed by atoms with Gasteiger partial charge < -0.3 is 4.57 Å². The molecule has 1 amide bonds. The molecule has 2 heterocycles. The molecule has 0 spiro atoms. The number of nitrogens with zero attached hydrogens (tertiary/aromatic N) is 4. The summed E-state index contributed by atoms with van der Waals surface area (Å²) in [7, 11) is 0. The Morgan fingerprint density at radius 1 is 1.23 bits per heavy atom. The lowest BCUT2D eigenvalue weighted by molar-refractivity contribution is 0.0985. The Labute approximate surface area is 180 Å². The molecule has 0 fully saturated rings. The maximum atomic E-state index is 13.7. The molecule has 4 aromatic rings. The van der Waals surface area contributed by atoms with E-state index in [2.05, 4.69) is 9.97 Å². The minimum absolute atomic E-state index is 0.0607. The standard InChI is InChI=1S/C21H17ClF2N4OS/c1-13-15(22)4-6-18-19(13)26-21(30-18)28(9-2-8-27-10-7-25-12-27)20(29)14-3-5-16(23)17(24)11-14/h3-7,10-12H,2,8-9H2,1H3. The average molecular weight is 447 g/mol. The van der Waals surface area contributed by atoms with Crippen LogP contribution in [0.5, 0.6) is 0 Å². The summed E-state index contributed by atoms with van der Waals surface area (Å²) in [6, 6.07) is 6.79. The van der Waals surface area contributed by atoms with Gasteiger partial charge >= 0.3 is 0 Å². The summed E-state index contributed by atoms with van der Waals surface area (Å²) in [4.78, 5) is 23.3. The van der Waals surface area contributed by atoms with Gasteiger partial charge in [-0.05, 0) is 49.2 Å². The van der Waals surface area contributed by atoms with Crippen LogP contribution in [0.3, 0.4) is 0 Å². The van der Waals surface area contributed by atoms with Crippen LogP contribution in [-0.2, 0) is 6.54 Å². The minimum Gasteiger partial charge on any atom is -0.337 e. The molecule has 0 saturated carbocycles. The van der Waals surface area contributed by atoms with Crippen LogP contribution in [-0.4, -0.2) is 27.0 Å². The molecule has 0 unspecified atom stereocenters. The Balaban J connectivity index is 1.68. The summed E-state index contributed by atoms with van der Waals surface area (Å²) in [6.45, 7) is 2.87. The van der Waals surface area contributed by atoms with Crippen molar-refractivity contribution in [3.05, 3.63) is 76.8 Å². The van der Waals surface area contributed by atoms with Gasteiger partial charge in [-0.2, -0.15) is 0 Å². The summed E-state index contributed by atoms with van der Waals surface area (Å²) >= 11 is 7.56. The molecule has 4 rings (SSSR count). The number of aryl methyl sites for hydroxylation is 2. The first-order valence-electron chi connectivity index (χ1n) is 9.22. The topological polar surface area (TPSA) is 51.0 Å². The van der Waals surface area contributed by atoms with Crippen molar-refractivity contribution in [3.8, 4) is 0 Å². The molecule has 0 saturated heterocycles. The number of carbonyl (C=O) groups is 1. The van der Waals surface area contributed by atoms with E-state index in [1.807, 2.05) is 23.8 Å². The third-order valence-electron chi connectivity index (χ3n) is 4.74. The van der Waals surface area contributed by atoms with E-state index in [0.29, 0.717) is 29.7 Å². The van der Waals surface area contributed by atoms with Crippen molar-refractivity contribution in [2.45, 2.75) is 19.9 Å². The van der Waals surface area contributed by atoms with Gasteiger partial charge in [0.15, 0.2) is 16.8 Å². The molecule has 2 aromatic carbocycles. The normalized spacial score (nSPS) is 11.2. The van der Waals surface area contributed by atoms with Crippen LogP contribution in [0.2, 0.25) is 5.02 Å². The van der Waals surface area contributed by atoms with Crippen molar-refractivity contribution in [3.63, 3.8) is 0 Å². The van der Waals surface area contributed by atoms with Crippen LogP contribution in [0.25, 0.3) is 10.2 Å². The van der Waals surface area contributed by atoms with Gasteiger partial charge in [0.1, 0.15) is 0 Å². The molecule has 5 nitrogen and oxygen atoms in total. The Morgan fingerprint density at radius 2 is 2.07 bits per heavy atom. The van der Waals surface area contributed by atoms with Crippen LogP contribution in [0.15, 0.2) is 49.1 Å². The first-order valence-corrected chi connectivity index (χ1v) is 10.4. The molecular formula is C21H17ClF2N4OS. The first kappa shape index (κ1) is 20.4. The highest BCUT2D eigenvalue weighted by Gasteiger charge is 2.23. The third-order valence-corrected chi connectivity index (χ3v) is 6.19. The second-order valence-electron chi connectivity index (χ2n) is 6.76. The van der Waals surface area contributed by atoms with Crippen LogP contribution in [0.4, 0.5) is 13.9 Å². The lowest BCUT2D eigenvalue weighted by Gasteiger charge is -2.20. The van der Waals surface area contributed by atoms with E-state index in [-0.39, 0.29) is 5.56 Å². The predicted octanol–water partition coefficient (Wildman–Crippen LogP) is 5.47. The van der Waals surface area contributed by atoms with Crippen LogP contribution in [0, 0.1) is 18.6 Å². The van der Waals surface area contributed by atoms with Crippen molar-refractivity contribution in [2.75, 3.05) is 11.4 Å².